The number of nitrogens with zero attached hydrogens (tertiary/aromatic N) is 1. The van der Waals surface area contributed by atoms with Gasteiger partial charge in [0.15, 0.2) is 0 Å². The van der Waals surface area contributed by atoms with Crippen LogP contribution >= 0.6 is 0 Å². The fourth-order valence-corrected chi connectivity index (χ4v) is 4.41. The van der Waals surface area contributed by atoms with Crippen LogP contribution in [-0.2, 0) is 25.5 Å². The number of nitrogens with one attached hydrogen (secondary N) is 1. The monoisotopic (exact) mass is 446 g/mol. The molecule has 3 atom stereocenters. The van der Waals surface area contributed by atoms with Gasteiger partial charge in [0.25, 0.3) is 0 Å². The van der Waals surface area contributed by atoms with E-state index in [1.807, 2.05) is 51.1 Å². The molecule has 2 amide bonds. The van der Waals surface area contributed by atoms with Crippen LogP contribution in [0, 0.1) is 11.8 Å². The molecule has 2 N–H and O–H groups in total. The first kappa shape index (κ1) is 25.8. The standard InChI is InChI=1S/C25H38N2O5/c1-4-10-23(27(31)17-28)21(15-18(2)3)24(29)26-22(16-19-11-6-5-7-12-19)25(30)32-20-13-8-9-14-20/h5-7,11-12,17-18,20-23,31H,4,8-10,13-16H2,1-3H3,(H,26,29)/t21-,22+,23+/m1/s1. The first-order chi connectivity index (χ1) is 15.3. The number of carbonyl (C=O) groups is 3. The van der Waals surface area contributed by atoms with Gasteiger partial charge < -0.3 is 10.1 Å². The summed E-state index contributed by atoms with van der Waals surface area (Å²) in [6.07, 6.45) is 6.03. The van der Waals surface area contributed by atoms with E-state index < -0.39 is 24.0 Å². The van der Waals surface area contributed by atoms with E-state index in [1.54, 1.807) is 0 Å². The number of hydrogen-bond donors (Lipinski definition) is 2. The summed E-state index contributed by atoms with van der Waals surface area (Å²) in [4.78, 5) is 37.7. The van der Waals surface area contributed by atoms with E-state index >= 15 is 0 Å². The third-order valence-corrected chi connectivity index (χ3v) is 6.03. The largest absolute Gasteiger partial charge is 0.461 e. The maximum absolute atomic E-state index is 13.4. The molecule has 1 aliphatic carbocycles. The minimum absolute atomic E-state index is 0.0972. The zero-order valence-electron chi connectivity index (χ0n) is 19.5. The minimum atomic E-state index is -0.828. The van der Waals surface area contributed by atoms with Gasteiger partial charge in [-0.1, -0.05) is 57.5 Å². The molecule has 7 nitrogen and oxygen atoms in total. The number of ether oxygens (including phenoxy) is 1. The van der Waals surface area contributed by atoms with Gasteiger partial charge in [-0.05, 0) is 50.0 Å². The van der Waals surface area contributed by atoms with Crippen molar-refractivity contribution in [3.63, 3.8) is 0 Å². The van der Waals surface area contributed by atoms with E-state index in [4.69, 9.17) is 4.74 Å². The van der Waals surface area contributed by atoms with Crippen molar-refractivity contribution < 1.29 is 24.3 Å². The van der Waals surface area contributed by atoms with E-state index in [-0.39, 0.29) is 17.9 Å². The van der Waals surface area contributed by atoms with Crippen molar-refractivity contribution in [2.45, 2.75) is 90.3 Å². The van der Waals surface area contributed by atoms with Gasteiger partial charge in [-0.15, -0.1) is 0 Å². The number of amides is 2. The van der Waals surface area contributed by atoms with Gasteiger partial charge in [0.2, 0.25) is 12.3 Å². The lowest BCUT2D eigenvalue weighted by Gasteiger charge is -2.32. The molecule has 1 aliphatic rings. The Morgan fingerprint density at radius 1 is 1.22 bits per heavy atom. The van der Waals surface area contributed by atoms with Crippen LogP contribution in [0.25, 0.3) is 0 Å². The Kier molecular flexibility index (Phi) is 10.7. The molecule has 0 aliphatic heterocycles. The first-order valence-corrected chi connectivity index (χ1v) is 11.8. The van der Waals surface area contributed by atoms with Crippen molar-refractivity contribution in [2.24, 2.45) is 11.8 Å². The predicted octanol–water partition coefficient (Wildman–Crippen LogP) is 3.88. The second-order valence-electron chi connectivity index (χ2n) is 9.17. The maximum Gasteiger partial charge on any atom is 0.329 e. The summed E-state index contributed by atoms with van der Waals surface area (Å²) in [5.74, 6) is -1.24. The SMILES string of the molecule is CCC[C@@H]([C@@H](CC(C)C)C(=O)N[C@@H](Cc1ccccc1)C(=O)OC1CCCC1)N(O)C=O. The molecule has 7 heteroatoms. The van der Waals surface area contributed by atoms with Crippen LogP contribution in [0.4, 0.5) is 0 Å². The van der Waals surface area contributed by atoms with Crippen LogP contribution in [-0.4, -0.2) is 46.7 Å². The molecular weight excluding hydrogens is 408 g/mol. The molecule has 0 saturated heterocycles. The topological polar surface area (TPSA) is 95.9 Å². The number of rotatable bonds is 13. The van der Waals surface area contributed by atoms with Crippen molar-refractivity contribution in [1.82, 2.24) is 10.4 Å². The third kappa shape index (κ3) is 7.93. The van der Waals surface area contributed by atoms with Gasteiger partial charge >= 0.3 is 5.97 Å². The highest BCUT2D eigenvalue weighted by Gasteiger charge is 2.35. The molecule has 1 aromatic rings. The predicted molar refractivity (Wildman–Crippen MR) is 122 cm³/mol. The number of hydroxylamine groups is 2. The highest BCUT2D eigenvalue weighted by atomic mass is 16.5. The van der Waals surface area contributed by atoms with Crippen LogP contribution < -0.4 is 5.32 Å². The summed E-state index contributed by atoms with van der Waals surface area (Å²) >= 11 is 0. The Labute approximate surface area is 191 Å². The zero-order chi connectivity index (χ0) is 23.5. The summed E-state index contributed by atoms with van der Waals surface area (Å²) in [6.45, 7) is 5.91. The van der Waals surface area contributed by atoms with E-state index in [1.165, 1.54) is 0 Å². The van der Waals surface area contributed by atoms with E-state index in [2.05, 4.69) is 5.32 Å². The molecule has 1 fully saturated rings. The highest BCUT2D eigenvalue weighted by Crippen LogP contribution is 2.24. The van der Waals surface area contributed by atoms with Crippen molar-refractivity contribution in [2.75, 3.05) is 0 Å². The van der Waals surface area contributed by atoms with Crippen molar-refractivity contribution in [3.05, 3.63) is 35.9 Å². The minimum Gasteiger partial charge on any atom is -0.461 e. The highest BCUT2D eigenvalue weighted by molar-refractivity contribution is 5.86. The van der Waals surface area contributed by atoms with Crippen molar-refractivity contribution in [3.8, 4) is 0 Å². The average Bonchev–Trinajstić information content (AvgIpc) is 3.28. The molecule has 1 saturated carbocycles. The Morgan fingerprint density at radius 2 is 1.88 bits per heavy atom. The molecule has 1 aromatic carbocycles. The first-order valence-electron chi connectivity index (χ1n) is 11.8. The van der Waals surface area contributed by atoms with Crippen LogP contribution in [0.3, 0.4) is 0 Å². The van der Waals surface area contributed by atoms with E-state index in [9.17, 15) is 19.6 Å². The second-order valence-corrected chi connectivity index (χ2v) is 9.17. The summed E-state index contributed by atoms with van der Waals surface area (Å²) < 4.78 is 5.71. The van der Waals surface area contributed by atoms with E-state index in [0.717, 1.165) is 31.2 Å². The lowest BCUT2D eigenvalue weighted by molar-refractivity contribution is -0.170. The summed E-state index contributed by atoms with van der Waals surface area (Å²) in [5, 5.41) is 13.6. The van der Waals surface area contributed by atoms with Gasteiger partial charge in [0, 0.05) is 6.42 Å². The molecule has 0 heterocycles. The molecule has 0 unspecified atom stereocenters. The lowest BCUT2D eigenvalue weighted by atomic mass is 9.86. The fraction of sp³-hybridized carbons (Fsp3) is 0.640. The van der Waals surface area contributed by atoms with Crippen molar-refractivity contribution in [1.29, 1.82) is 0 Å². The third-order valence-electron chi connectivity index (χ3n) is 6.03. The Bertz CT molecular complexity index is 718. The van der Waals surface area contributed by atoms with E-state index in [0.29, 0.717) is 37.2 Å². The van der Waals surface area contributed by atoms with Crippen LogP contribution in [0.5, 0.6) is 0 Å². The van der Waals surface area contributed by atoms with Gasteiger partial charge in [-0.2, -0.15) is 0 Å². The average molecular weight is 447 g/mol. The molecule has 2 rings (SSSR count). The number of benzene rings is 1. The van der Waals surface area contributed by atoms with Crippen LogP contribution in [0.15, 0.2) is 30.3 Å². The van der Waals surface area contributed by atoms with Crippen molar-refractivity contribution >= 4 is 18.3 Å². The molecule has 0 radical (unpaired) electrons. The molecule has 0 aromatic heterocycles. The Hall–Kier alpha value is -2.41. The van der Waals surface area contributed by atoms with Gasteiger partial charge in [0.1, 0.15) is 12.1 Å². The molecule has 178 valence electrons. The molecule has 32 heavy (non-hydrogen) atoms. The second kappa shape index (κ2) is 13.2. The number of carbonyl (C=O) groups excluding carboxylic acids is 3. The van der Waals surface area contributed by atoms with Gasteiger partial charge in [0.05, 0.1) is 12.0 Å². The Morgan fingerprint density at radius 3 is 2.44 bits per heavy atom. The van der Waals surface area contributed by atoms with Gasteiger partial charge in [-0.25, -0.2) is 9.86 Å². The maximum atomic E-state index is 13.4. The van der Waals surface area contributed by atoms with Crippen LogP contribution in [0.1, 0.15) is 71.3 Å². The Balaban J connectivity index is 2.22. The van der Waals surface area contributed by atoms with Crippen LogP contribution in [0.2, 0.25) is 0 Å². The number of esters is 1. The summed E-state index contributed by atoms with van der Waals surface area (Å²) in [7, 11) is 0. The summed E-state index contributed by atoms with van der Waals surface area (Å²) in [5.41, 5.74) is 0.920. The smallest absolute Gasteiger partial charge is 0.329 e. The molecular formula is C25H38N2O5. The summed E-state index contributed by atoms with van der Waals surface area (Å²) in [6, 6.07) is 8.03. The number of hydrogen-bond acceptors (Lipinski definition) is 5. The van der Waals surface area contributed by atoms with Gasteiger partial charge in [-0.3, -0.25) is 14.8 Å². The molecule has 0 bridgehead atoms. The fourth-order valence-electron chi connectivity index (χ4n) is 4.41. The lowest BCUT2D eigenvalue weighted by Crippen LogP contribution is -2.51. The molecule has 0 spiro atoms. The quantitative estimate of drug-likeness (QED) is 0.207. The zero-order valence-corrected chi connectivity index (χ0v) is 19.5. The normalized spacial score (nSPS) is 16.9.